The maximum atomic E-state index is 14.0. The molecule has 1 unspecified atom stereocenters. The molecule has 1 heterocycles. The summed E-state index contributed by atoms with van der Waals surface area (Å²) >= 11 is 0. The molecule has 2 rings (SSSR count). The Bertz CT molecular complexity index is 676. The quantitative estimate of drug-likeness (QED) is 0.657. The molecule has 2 aromatic rings. The summed E-state index contributed by atoms with van der Waals surface area (Å²) in [7, 11) is 1.40. The number of rotatable bonds is 5. The molecule has 0 amide bonds. The van der Waals surface area contributed by atoms with Gasteiger partial charge < -0.3 is 15.0 Å². The molecule has 0 aliphatic heterocycles. The van der Waals surface area contributed by atoms with Crippen LogP contribution in [0, 0.1) is 21.7 Å². The van der Waals surface area contributed by atoms with Gasteiger partial charge in [0, 0.05) is 13.2 Å². The van der Waals surface area contributed by atoms with Gasteiger partial charge in [-0.15, -0.1) is 0 Å². The predicted molar refractivity (Wildman–Crippen MR) is 65.1 cm³/mol. The molecule has 2 N–H and O–H groups in total. The summed E-state index contributed by atoms with van der Waals surface area (Å²) in [5.74, 6) is -2.99. The van der Waals surface area contributed by atoms with Crippen LogP contribution < -0.4 is 5.73 Å². The van der Waals surface area contributed by atoms with E-state index in [1.54, 1.807) is 0 Å². The first kappa shape index (κ1) is 14.9. The molecule has 0 aliphatic rings. The monoisotopic (exact) mass is 300 g/mol. The van der Waals surface area contributed by atoms with Crippen molar-refractivity contribution in [3.8, 4) is 11.4 Å². The highest BCUT2D eigenvalue weighted by Gasteiger charge is 2.26. The van der Waals surface area contributed by atoms with Gasteiger partial charge in [0.1, 0.15) is 17.4 Å². The molecular weight excluding hydrogens is 290 g/mol. The van der Waals surface area contributed by atoms with Crippen molar-refractivity contribution in [2.75, 3.05) is 13.7 Å². The fourth-order valence-electron chi connectivity index (χ4n) is 1.63. The topological polar surface area (TPSA) is 117 Å². The van der Waals surface area contributed by atoms with Crippen molar-refractivity contribution < 1.29 is 23.0 Å². The maximum absolute atomic E-state index is 14.0. The van der Waals surface area contributed by atoms with Gasteiger partial charge in [-0.1, -0.05) is 5.16 Å². The lowest BCUT2D eigenvalue weighted by Gasteiger charge is -2.03. The Balaban J connectivity index is 2.47. The van der Waals surface area contributed by atoms with E-state index in [2.05, 4.69) is 10.1 Å². The molecule has 10 heteroatoms. The summed E-state index contributed by atoms with van der Waals surface area (Å²) in [4.78, 5) is 13.4. The number of benzene rings is 1. The first-order valence-electron chi connectivity index (χ1n) is 5.66. The molecule has 0 spiro atoms. The highest BCUT2D eigenvalue weighted by Crippen LogP contribution is 2.30. The Morgan fingerprint density at radius 3 is 2.86 bits per heavy atom. The van der Waals surface area contributed by atoms with Crippen molar-refractivity contribution in [2.45, 2.75) is 6.04 Å². The zero-order valence-electron chi connectivity index (χ0n) is 10.7. The van der Waals surface area contributed by atoms with Crippen molar-refractivity contribution in [1.82, 2.24) is 10.1 Å². The molecule has 1 aromatic carbocycles. The van der Waals surface area contributed by atoms with Crippen LogP contribution in [0.25, 0.3) is 11.4 Å². The minimum atomic E-state index is -1.38. The molecule has 0 saturated carbocycles. The first-order chi connectivity index (χ1) is 9.95. The van der Waals surface area contributed by atoms with Crippen LogP contribution >= 0.6 is 0 Å². The molecular formula is C11H10F2N4O4. The fourth-order valence-corrected chi connectivity index (χ4v) is 1.63. The molecule has 1 atom stereocenters. The van der Waals surface area contributed by atoms with Gasteiger partial charge in [-0.3, -0.25) is 10.1 Å². The lowest BCUT2D eigenvalue weighted by Crippen LogP contribution is -2.16. The van der Waals surface area contributed by atoms with Crippen LogP contribution in [-0.4, -0.2) is 28.8 Å². The van der Waals surface area contributed by atoms with E-state index in [9.17, 15) is 18.9 Å². The van der Waals surface area contributed by atoms with Gasteiger partial charge in [0.2, 0.25) is 17.5 Å². The van der Waals surface area contributed by atoms with Crippen LogP contribution in [0.3, 0.4) is 0 Å². The van der Waals surface area contributed by atoms with E-state index in [4.69, 9.17) is 15.0 Å². The lowest BCUT2D eigenvalue weighted by atomic mass is 10.1. The van der Waals surface area contributed by atoms with Gasteiger partial charge in [-0.05, 0) is 6.07 Å². The Kier molecular flexibility index (Phi) is 4.19. The summed E-state index contributed by atoms with van der Waals surface area (Å²) < 4.78 is 37.2. The van der Waals surface area contributed by atoms with Crippen molar-refractivity contribution in [3.63, 3.8) is 0 Å². The molecule has 0 saturated heterocycles. The van der Waals surface area contributed by atoms with Gasteiger partial charge in [-0.2, -0.15) is 9.37 Å². The minimum Gasteiger partial charge on any atom is -0.383 e. The van der Waals surface area contributed by atoms with E-state index in [1.807, 2.05) is 0 Å². The number of hydrogen-bond donors (Lipinski definition) is 1. The number of ether oxygens (including phenoxy) is 1. The third kappa shape index (κ3) is 2.85. The number of halogens is 2. The molecule has 0 radical (unpaired) electrons. The zero-order valence-corrected chi connectivity index (χ0v) is 10.7. The Morgan fingerprint density at radius 1 is 1.52 bits per heavy atom. The summed E-state index contributed by atoms with van der Waals surface area (Å²) in [6.07, 6.45) is 0. The average molecular weight is 300 g/mol. The normalized spacial score (nSPS) is 12.4. The van der Waals surface area contributed by atoms with Crippen molar-refractivity contribution in [3.05, 3.63) is 39.8 Å². The first-order valence-corrected chi connectivity index (χ1v) is 5.66. The third-order valence-corrected chi connectivity index (χ3v) is 2.60. The summed E-state index contributed by atoms with van der Waals surface area (Å²) in [6.45, 7) is 0.0571. The van der Waals surface area contributed by atoms with Gasteiger partial charge in [0.05, 0.1) is 11.5 Å². The zero-order chi connectivity index (χ0) is 15.6. The highest BCUT2D eigenvalue weighted by atomic mass is 19.1. The Labute approximate surface area is 116 Å². The minimum absolute atomic E-state index is 0.0571. The van der Waals surface area contributed by atoms with Crippen LogP contribution in [0.15, 0.2) is 16.7 Å². The Hall–Kier alpha value is -2.46. The number of nitrogens with two attached hydrogens (primary N) is 1. The van der Waals surface area contributed by atoms with E-state index in [0.717, 1.165) is 6.07 Å². The standard InChI is InChI=1S/C11H10F2N4O4/c1-20-4-6(14)11-15-10(16-21-11)8-5(12)2-3-7(9(8)13)17(18)19/h2-3,6H,4,14H2,1H3. The molecule has 112 valence electrons. The number of methoxy groups -OCH3 is 1. The number of nitro benzene ring substituents is 1. The van der Waals surface area contributed by atoms with Gasteiger partial charge in [0.25, 0.3) is 0 Å². The van der Waals surface area contributed by atoms with Gasteiger partial charge in [-0.25, -0.2) is 4.39 Å². The second-order valence-electron chi connectivity index (χ2n) is 4.03. The molecule has 0 aliphatic carbocycles. The van der Waals surface area contributed by atoms with Crippen molar-refractivity contribution in [1.29, 1.82) is 0 Å². The van der Waals surface area contributed by atoms with E-state index >= 15 is 0 Å². The average Bonchev–Trinajstić information content (AvgIpc) is 2.88. The molecule has 8 nitrogen and oxygen atoms in total. The Morgan fingerprint density at radius 2 is 2.24 bits per heavy atom. The number of hydrogen-bond acceptors (Lipinski definition) is 7. The van der Waals surface area contributed by atoms with Gasteiger partial charge in [0.15, 0.2) is 0 Å². The van der Waals surface area contributed by atoms with Gasteiger partial charge >= 0.3 is 5.69 Å². The molecule has 0 bridgehead atoms. The van der Waals surface area contributed by atoms with Crippen LogP contribution in [0.5, 0.6) is 0 Å². The molecule has 0 fully saturated rings. The summed E-state index contributed by atoms with van der Waals surface area (Å²) in [5, 5.41) is 14.0. The smallest absolute Gasteiger partial charge is 0.305 e. The highest BCUT2D eigenvalue weighted by molar-refractivity contribution is 5.61. The van der Waals surface area contributed by atoms with Crippen LogP contribution in [0.4, 0.5) is 14.5 Å². The number of aromatic nitrogens is 2. The third-order valence-electron chi connectivity index (χ3n) is 2.60. The summed E-state index contributed by atoms with van der Waals surface area (Å²) in [6, 6.07) is 0.689. The lowest BCUT2D eigenvalue weighted by molar-refractivity contribution is -0.387. The van der Waals surface area contributed by atoms with Crippen LogP contribution in [0.1, 0.15) is 11.9 Å². The van der Waals surface area contributed by atoms with E-state index < -0.39 is 39.7 Å². The largest absolute Gasteiger partial charge is 0.383 e. The van der Waals surface area contributed by atoms with Crippen molar-refractivity contribution >= 4 is 5.69 Å². The predicted octanol–water partition coefficient (Wildman–Crippen LogP) is 1.57. The SMILES string of the molecule is COCC(N)c1nc(-c2c(F)ccc([N+](=O)[O-])c2F)no1. The van der Waals surface area contributed by atoms with Crippen LogP contribution in [-0.2, 0) is 4.74 Å². The molecule has 21 heavy (non-hydrogen) atoms. The maximum Gasteiger partial charge on any atom is 0.305 e. The van der Waals surface area contributed by atoms with Crippen LogP contribution in [0.2, 0.25) is 0 Å². The number of nitrogens with zero attached hydrogens (tertiary/aromatic N) is 3. The second-order valence-corrected chi connectivity index (χ2v) is 4.03. The van der Waals surface area contributed by atoms with E-state index in [0.29, 0.717) is 6.07 Å². The summed E-state index contributed by atoms with van der Waals surface area (Å²) in [5.41, 5.74) is 4.00. The second kappa shape index (κ2) is 5.89. The van der Waals surface area contributed by atoms with E-state index in [-0.39, 0.29) is 12.5 Å². The molecule has 1 aromatic heterocycles. The van der Waals surface area contributed by atoms with E-state index in [1.165, 1.54) is 7.11 Å². The fraction of sp³-hybridized carbons (Fsp3) is 0.273. The number of nitro groups is 1. The van der Waals surface area contributed by atoms with Crippen molar-refractivity contribution in [2.24, 2.45) is 5.73 Å².